The Morgan fingerprint density at radius 2 is 1.70 bits per heavy atom. The largest absolute Gasteiger partial charge is 0.463 e. The van der Waals surface area contributed by atoms with E-state index < -0.39 is 11.3 Å². The standard InChI is InChI=1S/C38H49NO4S/c1-8-12-27-15-16-28-13-10-11-14-32(28)44-33(27)23-31-35(40)34(36(31)41)29-17-19-30(20-18-29)39(9-2)21-22-43-37(42)38(7,26(5)6)24-25(3)4/h10-11,13-14,17-20,23,25-26,34H,8-9,12,15-16,21-22,24H2,1-7H3. The van der Waals surface area contributed by atoms with Crippen LogP contribution >= 0.6 is 11.8 Å². The normalized spacial score (nSPS) is 18.1. The number of likely N-dealkylation sites (N-methyl/N-ethyl adjacent to an activating group) is 1. The lowest BCUT2D eigenvalue weighted by molar-refractivity contribution is -0.158. The molecule has 44 heavy (non-hydrogen) atoms. The predicted molar refractivity (Wildman–Crippen MR) is 181 cm³/mol. The van der Waals surface area contributed by atoms with E-state index in [1.54, 1.807) is 11.8 Å². The van der Waals surface area contributed by atoms with Crippen LogP contribution in [0.5, 0.6) is 0 Å². The number of hydrogen-bond donors (Lipinski definition) is 0. The van der Waals surface area contributed by atoms with Gasteiger partial charge in [0.2, 0.25) is 0 Å². The second kappa shape index (κ2) is 14.8. The molecule has 1 unspecified atom stereocenters. The monoisotopic (exact) mass is 615 g/mol. The second-order valence-corrected chi connectivity index (χ2v) is 14.2. The van der Waals surface area contributed by atoms with Crippen molar-refractivity contribution in [3.63, 3.8) is 0 Å². The molecule has 0 spiro atoms. The molecule has 2 aliphatic rings. The van der Waals surface area contributed by atoms with Crippen molar-refractivity contribution in [1.29, 1.82) is 0 Å². The zero-order valence-electron chi connectivity index (χ0n) is 27.6. The second-order valence-electron chi connectivity index (χ2n) is 13.1. The lowest BCUT2D eigenvalue weighted by Gasteiger charge is -2.33. The van der Waals surface area contributed by atoms with Gasteiger partial charge in [0.1, 0.15) is 12.5 Å². The highest BCUT2D eigenvalue weighted by Gasteiger charge is 2.45. The van der Waals surface area contributed by atoms with E-state index in [0.717, 1.165) is 54.8 Å². The highest BCUT2D eigenvalue weighted by atomic mass is 32.2. The molecule has 2 aromatic carbocycles. The number of allylic oxidation sites excluding steroid dienone is 3. The first-order valence-corrected chi connectivity index (χ1v) is 17.1. The number of benzene rings is 2. The molecule has 0 bridgehead atoms. The Morgan fingerprint density at radius 1 is 1.02 bits per heavy atom. The summed E-state index contributed by atoms with van der Waals surface area (Å²) in [4.78, 5) is 44.1. The van der Waals surface area contributed by atoms with Gasteiger partial charge in [0, 0.05) is 22.0 Å². The van der Waals surface area contributed by atoms with E-state index in [0.29, 0.717) is 24.6 Å². The summed E-state index contributed by atoms with van der Waals surface area (Å²) in [5.74, 6) is -0.472. The number of Topliss-reactive ketones (excluding diaryl/α,β-unsaturated/α-hetero) is 2. The fraction of sp³-hybridized carbons (Fsp3) is 0.500. The number of nitrogens with zero attached hydrogens (tertiary/aromatic N) is 1. The number of rotatable bonds is 13. The first-order chi connectivity index (χ1) is 21.0. The zero-order valence-corrected chi connectivity index (χ0v) is 28.4. The van der Waals surface area contributed by atoms with E-state index in [1.165, 1.54) is 16.0 Å². The molecule has 1 fully saturated rings. The Labute approximate surface area is 268 Å². The summed E-state index contributed by atoms with van der Waals surface area (Å²) < 4.78 is 5.78. The molecule has 0 radical (unpaired) electrons. The number of ketones is 2. The maximum Gasteiger partial charge on any atom is 0.312 e. The first kappa shape index (κ1) is 33.8. The summed E-state index contributed by atoms with van der Waals surface area (Å²) in [6, 6.07) is 16.1. The maximum atomic E-state index is 13.3. The van der Waals surface area contributed by atoms with Crippen LogP contribution in [0.4, 0.5) is 5.69 Å². The van der Waals surface area contributed by atoms with Crippen LogP contribution < -0.4 is 4.90 Å². The van der Waals surface area contributed by atoms with E-state index in [2.05, 4.69) is 64.6 Å². The number of anilines is 1. The summed E-state index contributed by atoms with van der Waals surface area (Å²) in [5.41, 5.74) is 4.16. The smallest absolute Gasteiger partial charge is 0.312 e. The molecule has 0 aromatic heterocycles. The number of hydrogen-bond acceptors (Lipinski definition) is 6. The van der Waals surface area contributed by atoms with Crippen molar-refractivity contribution in [2.24, 2.45) is 17.3 Å². The van der Waals surface area contributed by atoms with Crippen molar-refractivity contribution in [1.82, 2.24) is 0 Å². The summed E-state index contributed by atoms with van der Waals surface area (Å²) in [7, 11) is 0. The third kappa shape index (κ3) is 7.39. The van der Waals surface area contributed by atoms with Gasteiger partial charge >= 0.3 is 5.97 Å². The van der Waals surface area contributed by atoms with E-state index in [-0.39, 0.29) is 23.5 Å². The van der Waals surface area contributed by atoms with Crippen molar-refractivity contribution in [3.8, 4) is 0 Å². The Bertz CT molecular complexity index is 1400. The van der Waals surface area contributed by atoms with Gasteiger partial charge in [-0.2, -0.15) is 0 Å². The van der Waals surface area contributed by atoms with Crippen LogP contribution in [0, 0.1) is 17.3 Å². The molecule has 2 aromatic rings. The molecule has 1 atom stereocenters. The topological polar surface area (TPSA) is 63.7 Å². The Balaban J connectivity index is 1.41. The number of carbonyl (C=O) groups is 3. The van der Waals surface area contributed by atoms with Crippen LogP contribution in [0.25, 0.3) is 0 Å². The zero-order chi connectivity index (χ0) is 32.0. The first-order valence-electron chi connectivity index (χ1n) is 16.3. The summed E-state index contributed by atoms with van der Waals surface area (Å²) >= 11 is 1.69. The fourth-order valence-corrected chi connectivity index (χ4v) is 7.51. The van der Waals surface area contributed by atoms with Crippen LogP contribution in [-0.4, -0.2) is 37.2 Å². The lowest BCUT2D eigenvalue weighted by atomic mass is 9.72. The fourth-order valence-electron chi connectivity index (χ4n) is 6.30. The van der Waals surface area contributed by atoms with Gasteiger partial charge in [-0.3, -0.25) is 14.4 Å². The molecule has 0 amide bonds. The minimum absolute atomic E-state index is 0.0990. The summed E-state index contributed by atoms with van der Waals surface area (Å²) in [6.45, 7) is 16.3. The lowest BCUT2D eigenvalue weighted by Crippen LogP contribution is -2.39. The minimum Gasteiger partial charge on any atom is -0.463 e. The molecule has 6 heteroatoms. The van der Waals surface area contributed by atoms with Gasteiger partial charge in [-0.25, -0.2) is 0 Å². The molecule has 1 aliphatic heterocycles. The number of aryl methyl sites for hydroxylation is 1. The van der Waals surface area contributed by atoms with E-state index in [1.807, 2.05) is 43.3 Å². The SMILES string of the molecule is CCCC1=C(C=C2C(=O)C(c3ccc(N(CC)CCOC(=O)C(C)(CC(C)C)C(C)C)cc3)C2=O)Sc2ccccc2CC1. The number of fused-ring (bicyclic) bond motifs is 1. The van der Waals surface area contributed by atoms with Crippen molar-refractivity contribution in [2.75, 3.05) is 24.6 Å². The van der Waals surface area contributed by atoms with E-state index in [4.69, 9.17) is 4.74 Å². The van der Waals surface area contributed by atoms with E-state index in [9.17, 15) is 14.4 Å². The van der Waals surface area contributed by atoms with Crippen molar-refractivity contribution < 1.29 is 19.1 Å². The molecule has 236 valence electrons. The van der Waals surface area contributed by atoms with Crippen LogP contribution in [0.3, 0.4) is 0 Å². The van der Waals surface area contributed by atoms with Gasteiger partial charge < -0.3 is 9.64 Å². The molecule has 1 saturated carbocycles. The average Bonchev–Trinajstić information content (AvgIpc) is 3.17. The van der Waals surface area contributed by atoms with E-state index >= 15 is 0 Å². The Kier molecular flexibility index (Phi) is 11.3. The maximum absolute atomic E-state index is 13.3. The average molecular weight is 616 g/mol. The van der Waals surface area contributed by atoms with Crippen LogP contribution in [0.2, 0.25) is 0 Å². The van der Waals surface area contributed by atoms with Crippen LogP contribution in [0.1, 0.15) is 91.2 Å². The number of ether oxygens (including phenoxy) is 1. The molecular formula is C38H49NO4S. The third-order valence-electron chi connectivity index (χ3n) is 9.26. The Morgan fingerprint density at radius 3 is 2.32 bits per heavy atom. The third-order valence-corrected chi connectivity index (χ3v) is 10.5. The predicted octanol–water partition coefficient (Wildman–Crippen LogP) is 8.72. The van der Waals surface area contributed by atoms with Crippen LogP contribution in [-0.2, 0) is 25.5 Å². The number of carbonyl (C=O) groups excluding carboxylic acids is 3. The van der Waals surface area contributed by atoms with Gasteiger partial charge in [-0.05, 0) is 86.8 Å². The van der Waals surface area contributed by atoms with Gasteiger partial charge in [-0.1, -0.05) is 88.7 Å². The molecule has 0 N–H and O–H groups in total. The highest BCUT2D eigenvalue weighted by molar-refractivity contribution is 8.03. The van der Waals surface area contributed by atoms with Crippen molar-refractivity contribution in [2.45, 2.75) is 91.4 Å². The molecule has 1 heterocycles. The summed E-state index contributed by atoms with van der Waals surface area (Å²) in [6.07, 6.45) is 6.58. The van der Waals surface area contributed by atoms with Crippen molar-refractivity contribution >= 4 is 35.0 Å². The van der Waals surface area contributed by atoms with Gasteiger partial charge in [0.15, 0.2) is 11.6 Å². The molecule has 5 nitrogen and oxygen atoms in total. The molecule has 4 rings (SSSR count). The Hall–Kier alpha value is -3.12. The minimum atomic E-state index is -0.737. The van der Waals surface area contributed by atoms with Crippen molar-refractivity contribution in [3.05, 3.63) is 81.8 Å². The van der Waals surface area contributed by atoms with Crippen LogP contribution in [0.15, 0.2) is 75.6 Å². The number of esters is 1. The van der Waals surface area contributed by atoms with Gasteiger partial charge in [0.05, 0.1) is 17.5 Å². The highest BCUT2D eigenvalue weighted by Crippen LogP contribution is 2.42. The van der Waals surface area contributed by atoms with Gasteiger partial charge in [0.25, 0.3) is 0 Å². The molecule has 0 saturated heterocycles. The molecular weight excluding hydrogens is 566 g/mol. The van der Waals surface area contributed by atoms with Gasteiger partial charge in [-0.15, -0.1) is 0 Å². The summed E-state index contributed by atoms with van der Waals surface area (Å²) in [5, 5.41) is 0. The molecule has 1 aliphatic carbocycles. The quantitative estimate of drug-likeness (QED) is 0.0972. The number of thioether (sulfide) groups is 1.